The maximum atomic E-state index is 13.9. The van der Waals surface area contributed by atoms with E-state index in [9.17, 15) is 8.78 Å². The molecule has 0 amide bonds. The zero-order chi connectivity index (χ0) is 14.5. The van der Waals surface area contributed by atoms with Gasteiger partial charge in [0, 0.05) is 24.8 Å². The Morgan fingerprint density at radius 2 is 1.85 bits per heavy atom. The molecule has 0 spiro atoms. The summed E-state index contributed by atoms with van der Waals surface area (Å²) in [4.78, 5) is 1.91. The molecule has 4 heteroatoms. The summed E-state index contributed by atoms with van der Waals surface area (Å²) < 4.78 is 27.0. The molecule has 0 saturated carbocycles. The van der Waals surface area contributed by atoms with Crippen LogP contribution in [0.1, 0.15) is 11.1 Å². The molecule has 0 unspecified atom stereocenters. The van der Waals surface area contributed by atoms with E-state index in [0.29, 0.717) is 25.1 Å². The summed E-state index contributed by atoms with van der Waals surface area (Å²) in [7, 11) is 1.86. The standard InChI is InChI=1S/C16H18F2N2/c1-20(11-12-4-2-5-13(17)10-12)16-7-3-6-15(18)14(16)8-9-19/h2-7,10H,8-9,11,19H2,1H3. The number of anilines is 1. The summed E-state index contributed by atoms with van der Waals surface area (Å²) in [5, 5.41) is 0. The lowest BCUT2D eigenvalue weighted by molar-refractivity contribution is 0.608. The van der Waals surface area contributed by atoms with E-state index in [1.807, 2.05) is 24.1 Å². The lowest BCUT2D eigenvalue weighted by Gasteiger charge is -2.23. The van der Waals surface area contributed by atoms with Gasteiger partial charge < -0.3 is 10.6 Å². The van der Waals surface area contributed by atoms with Crippen molar-refractivity contribution in [1.82, 2.24) is 0 Å². The Labute approximate surface area is 117 Å². The second kappa shape index (κ2) is 6.48. The van der Waals surface area contributed by atoms with Crippen LogP contribution in [0.2, 0.25) is 0 Å². The lowest BCUT2D eigenvalue weighted by Crippen LogP contribution is -2.19. The summed E-state index contributed by atoms with van der Waals surface area (Å²) in [5.74, 6) is -0.517. The number of nitrogens with zero attached hydrogens (tertiary/aromatic N) is 1. The molecule has 0 fully saturated rings. The molecule has 0 atom stereocenters. The van der Waals surface area contributed by atoms with Gasteiger partial charge in [-0.3, -0.25) is 0 Å². The van der Waals surface area contributed by atoms with Gasteiger partial charge in [0.15, 0.2) is 0 Å². The fourth-order valence-corrected chi connectivity index (χ4v) is 2.29. The van der Waals surface area contributed by atoms with E-state index in [-0.39, 0.29) is 11.6 Å². The number of nitrogens with two attached hydrogens (primary N) is 1. The molecule has 2 N–H and O–H groups in total. The molecule has 0 aliphatic heterocycles. The Balaban J connectivity index is 2.25. The first-order chi connectivity index (χ1) is 9.61. The normalized spacial score (nSPS) is 10.6. The van der Waals surface area contributed by atoms with Crippen LogP contribution in [0.15, 0.2) is 42.5 Å². The second-order valence-electron chi connectivity index (χ2n) is 4.76. The SMILES string of the molecule is CN(Cc1cccc(F)c1)c1cccc(F)c1CCN. The average Bonchev–Trinajstić information content (AvgIpc) is 2.41. The minimum atomic E-state index is -0.266. The summed E-state index contributed by atoms with van der Waals surface area (Å²) in [6.45, 7) is 0.903. The molecule has 2 nitrogen and oxygen atoms in total. The highest BCUT2D eigenvalue weighted by atomic mass is 19.1. The van der Waals surface area contributed by atoms with Crippen molar-refractivity contribution in [1.29, 1.82) is 0 Å². The second-order valence-corrected chi connectivity index (χ2v) is 4.76. The van der Waals surface area contributed by atoms with Gasteiger partial charge in [0.05, 0.1) is 0 Å². The molecule has 0 aromatic heterocycles. The van der Waals surface area contributed by atoms with Gasteiger partial charge in [0.1, 0.15) is 11.6 Å². The van der Waals surface area contributed by atoms with Gasteiger partial charge in [-0.2, -0.15) is 0 Å². The van der Waals surface area contributed by atoms with Crippen LogP contribution in [0.3, 0.4) is 0 Å². The fourth-order valence-electron chi connectivity index (χ4n) is 2.29. The van der Waals surface area contributed by atoms with Crippen molar-refractivity contribution in [2.75, 3.05) is 18.5 Å². The quantitative estimate of drug-likeness (QED) is 0.909. The topological polar surface area (TPSA) is 29.3 Å². The monoisotopic (exact) mass is 276 g/mol. The van der Waals surface area contributed by atoms with Crippen molar-refractivity contribution in [2.45, 2.75) is 13.0 Å². The number of hydrogen-bond donors (Lipinski definition) is 1. The van der Waals surface area contributed by atoms with Crippen molar-refractivity contribution in [3.05, 3.63) is 65.2 Å². The van der Waals surface area contributed by atoms with E-state index < -0.39 is 0 Å². The van der Waals surface area contributed by atoms with Gasteiger partial charge in [-0.15, -0.1) is 0 Å². The van der Waals surface area contributed by atoms with Crippen molar-refractivity contribution < 1.29 is 8.78 Å². The zero-order valence-corrected chi connectivity index (χ0v) is 11.4. The van der Waals surface area contributed by atoms with Crippen LogP contribution in [-0.2, 0) is 13.0 Å². The Hall–Kier alpha value is -1.94. The van der Waals surface area contributed by atoms with Gasteiger partial charge in [0.2, 0.25) is 0 Å². The van der Waals surface area contributed by atoms with Gasteiger partial charge >= 0.3 is 0 Å². The van der Waals surface area contributed by atoms with Crippen LogP contribution in [0.25, 0.3) is 0 Å². The van der Waals surface area contributed by atoms with Crippen molar-refractivity contribution in [3.63, 3.8) is 0 Å². The van der Waals surface area contributed by atoms with Crippen LogP contribution in [0.4, 0.5) is 14.5 Å². The highest BCUT2D eigenvalue weighted by Crippen LogP contribution is 2.24. The van der Waals surface area contributed by atoms with Crippen molar-refractivity contribution in [2.24, 2.45) is 5.73 Å². The molecule has 0 bridgehead atoms. The average molecular weight is 276 g/mol. The largest absolute Gasteiger partial charge is 0.370 e. The van der Waals surface area contributed by atoms with Gasteiger partial charge in [-0.25, -0.2) is 8.78 Å². The summed E-state index contributed by atoms with van der Waals surface area (Å²) in [6, 6.07) is 11.4. The smallest absolute Gasteiger partial charge is 0.128 e. The van der Waals surface area contributed by atoms with Crippen molar-refractivity contribution >= 4 is 5.69 Å². The van der Waals surface area contributed by atoms with E-state index in [1.54, 1.807) is 12.1 Å². The molecule has 0 aliphatic carbocycles. The van der Waals surface area contributed by atoms with Gasteiger partial charge in [-0.1, -0.05) is 18.2 Å². The molecular weight excluding hydrogens is 258 g/mol. The lowest BCUT2D eigenvalue weighted by atomic mass is 10.1. The van der Waals surface area contributed by atoms with Gasteiger partial charge in [0.25, 0.3) is 0 Å². The molecule has 2 rings (SSSR count). The summed E-state index contributed by atoms with van der Waals surface area (Å²) in [6.07, 6.45) is 0.482. The van der Waals surface area contributed by atoms with E-state index in [1.165, 1.54) is 18.2 Å². The first kappa shape index (κ1) is 14.5. The third-order valence-electron chi connectivity index (χ3n) is 3.21. The molecule has 0 saturated heterocycles. The Morgan fingerprint density at radius 1 is 1.10 bits per heavy atom. The van der Waals surface area contributed by atoms with Crippen LogP contribution in [0.5, 0.6) is 0 Å². The minimum absolute atomic E-state index is 0.251. The van der Waals surface area contributed by atoms with Gasteiger partial charge in [-0.05, 0) is 42.8 Å². The minimum Gasteiger partial charge on any atom is -0.370 e. The first-order valence-corrected chi connectivity index (χ1v) is 6.55. The third kappa shape index (κ3) is 3.33. The first-order valence-electron chi connectivity index (χ1n) is 6.55. The predicted octanol–water partition coefficient (Wildman–Crippen LogP) is 3.10. The van der Waals surface area contributed by atoms with Crippen LogP contribution < -0.4 is 10.6 Å². The van der Waals surface area contributed by atoms with Crippen LogP contribution >= 0.6 is 0 Å². The molecule has 20 heavy (non-hydrogen) atoms. The zero-order valence-electron chi connectivity index (χ0n) is 11.4. The summed E-state index contributed by atoms with van der Waals surface area (Å²) in [5.41, 5.74) is 7.78. The molecule has 0 aliphatic rings. The van der Waals surface area contributed by atoms with E-state index in [2.05, 4.69) is 0 Å². The Morgan fingerprint density at radius 3 is 2.55 bits per heavy atom. The molecule has 106 valence electrons. The molecule has 2 aromatic carbocycles. The van der Waals surface area contributed by atoms with E-state index in [4.69, 9.17) is 5.73 Å². The van der Waals surface area contributed by atoms with E-state index in [0.717, 1.165) is 11.3 Å². The van der Waals surface area contributed by atoms with Crippen LogP contribution in [0, 0.1) is 11.6 Å². The Bertz CT molecular complexity index is 584. The van der Waals surface area contributed by atoms with Crippen LogP contribution in [-0.4, -0.2) is 13.6 Å². The molecule has 0 heterocycles. The number of hydrogen-bond acceptors (Lipinski definition) is 2. The maximum absolute atomic E-state index is 13.9. The number of rotatable bonds is 5. The molecular formula is C16H18F2N2. The third-order valence-corrected chi connectivity index (χ3v) is 3.21. The number of halogens is 2. The number of benzene rings is 2. The van der Waals surface area contributed by atoms with Crippen molar-refractivity contribution in [3.8, 4) is 0 Å². The molecule has 2 aromatic rings. The highest BCUT2D eigenvalue weighted by molar-refractivity contribution is 5.54. The maximum Gasteiger partial charge on any atom is 0.128 e. The molecule has 0 radical (unpaired) electrons. The summed E-state index contributed by atoms with van der Waals surface area (Å²) >= 11 is 0. The predicted molar refractivity (Wildman–Crippen MR) is 77.7 cm³/mol. The fraction of sp³-hybridized carbons (Fsp3) is 0.250. The highest BCUT2D eigenvalue weighted by Gasteiger charge is 2.11. The Kier molecular flexibility index (Phi) is 4.69. The van der Waals surface area contributed by atoms with E-state index >= 15 is 0 Å².